The molecule has 0 radical (unpaired) electrons. The summed E-state index contributed by atoms with van der Waals surface area (Å²) in [6.45, 7) is 2.14. The molecule has 43 heavy (non-hydrogen) atoms. The van der Waals surface area contributed by atoms with Crippen molar-refractivity contribution in [2.45, 2.75) is 16.7 Å². The molecule has 5 aromatic carbocycles. The van der Waals surface area contributed by atoms with Crippen molar-refractivity contribution in [3.63, 3.8) is 0 Å². The number of anilines is 3. The van der Waals surface area contributed by atoms with Gasteiger partial charge in [0.15, 0.2) is 0 Å². The lowest BCUT2D eigenvalue weighted by molar-refractivity contribution is 0.0600. The first kappa shape index (κ1) is 26.8. The molecule has 1 aliphatic rings. The summed E-state index contributed by atoms with van der Waals surface area (Å²) < 4.78 is 10.4. The minimum Gasteiger partial charge on any atom is -0.497 e. The highest BCUT2D eigenvalue weighted by molar-refractivity contribution is 7.99. The van der Waals surface area contributed by atoms with Gasteiger partial charge in [-0.2, -0.15) is 0 Å². The van der Waals surface area contributed by atoms with Crippen molar-refractivity contribution in [1.29, 1.82) is 0 Å². The van der Waals surface area contributed by atoms with E-state index in [9.17, 15) is 4.79 Å². The molecule has 0 atom stereocenters. The Morgan fingerprint density at radius 2 is 1.35 bits per heavy atom. The van der Waals surface area contributed by atoms with Gasteiger partial charge in [0.05, 0.1) is 48.1 Å². The maximum absolute atomic E-state index is 12.1. The highest BCUT2D eigenvalue weighted by atomic mass is 32.2. The van der Waals surface area contributed by atoms with E-state index in [1.807, 2.05) is 24.3 Å². The first-order chi connectivity index (χ1) is 21.1. The monoisotopic (exact) mass is 580 g/mol. The molecule has 1 aromatic heterocycles. The number of hydrogen-bond donors (Lipinski definition) is 0. The van der Waals surface area contributed by atoms with Crippen LogP contribution in [0.1, 0.15) is 15.9 Å². The first-order valence-electron chi connectivity index (χ1n) is 14.0. The zero-order valence-corrected chi connectivity index (χ0v) is 24.8. The first-order valence-corrected chi connectivity index (χ1v) is 14.8. The van der Waals surface area contributed by atoms with Crippen LogP contribution < -0.4 is 9.64 Å². The molecule has 0 spiro atoms. The number of aromatic nitrogens is 1. The number of methoxy groups -OCH3 is 2. The van der Waals surface area contributed by atoms with Crippen molar-refractivity contribution >= 4 is 45.7 Å². The summed E-state index contributed by atoms with van der Waals surface area (Å²) in [5.41, 5.74) is 9.65. The quantitative estimate of drug-likeness (QED) is 0.189. The second-order valence-corrected chi connectivity index (χ2v) is 11.4. The van der Waals surface area contributed by atoms with Crippen molar-refractivity contribution in [3.05, 3.63) is 126 Å². The SMILES string of the molecule is COC(=O)c1ccc(-c2cc(-c3ccc(OC)cc3)c3c(C)ccc(N4c5ccccc5Sc5ccccc54)c3n2)cc1. The van der Waals surface area contributed by atoms with E-state index in [4.69, 9.17) is 14.5 Å². The predicted molar refractivity (Wildman–Crippen MR) is 174 cm³/mol. The Labute approximate surface area is 254 Å². The molecule has 0 N–H and O–H groups in total. The number of rotatable bonds is 5. The Morgan fingerprint density at radius 1 is 0.721 bits per heavy atom. The van der Waals surface area contributed by atoms with E-state index in [0.717, 1.165) is 61.7 Å². The minimum absolute atomic E-state index is 0.366. The molecule has 0 saturated carbocycles. The zero-order valence-electron chi connectivity index (χ0n) is 24.0. The topological polar surface area (TPSA) is 51.7 Å². The van der Waals surface area contributed by atoms with Gasteiger partial charge < -0.3 is 14.4 Å². The standard InChI is InChI=1S/C37H28N2O3S/c1-23-12-21-32(39-30-8-4-6-10-33(30)43-34-11-7-5-9-31(34)39)36-35(23)28(24-17-19-27(41-2)20-18-24)22-29(38-36)25-13-15-26(16-14-25)37(40)42-3/h4-22H,1-3H3. The van der Waals surface area contributed by atoms with E-state index in [0.29, 0.717) is 5.56 Å². The molecule has 0 fully saturated rings. The van der Waals surface area contributed by atoms with E-state index < -0.39 is 0 Å². The lowest BCUT2D eigenvalue weighted by atomic mass is 9.94. The lowest BCUT2D eigenvalue weighted by Crippen LogP contribution is -2.15. The van der Waals surface area contributed by atoms with Gasteiger partial charge in [0.25, 0.3) is 0 Å². The second-order valence-electron chi connectivity index (χ2n) is 10.4. The number of benzene rings is 5. The zero-order chi connectivity index (χ0) is 29.5. The second kappa shape index (κ2) is 11.0. The normalized spacial score (nSPS) is 12.0. The summed E-state index contributed by atoms with van der Waals surface area (Å²) in [4.78, 5) is 22.2. The Kier molecular flexibility index (Phi) is 6.84. The smallest absolute Gasteiger partial charge is 0.337 e. The van der Waals surface area contributed by atoms with Gasteiger partial charge in [-0.3, -0.25) is 0 Å². The average molecular weight is 581 g/mol. The Hall–Kier alpha value is -5.07. The van der Waals surface area contributed by atoms with E-state index in [-0.39, 0.29) is 5.97 Å². The van der Waals surface area contributed by atoms with Crippen molar-refractivity contribution < 1.29 is 14.3 Å². The van der Waals surface area contributed by atoms with Crippen LogP contribution in [0.4, 0.5) is 17.1 Å². The van der Waals surface area contributed by atoms with Crippen molar-refractivity contribution in [1.82, 2.24) is 4.98 Å². The van der Waals surface area contributed by atoms with Gasteiger partial charge in [-0.25, -0.2) is 9.78 Å². The van der Waals surface area contributed by atoms with Gasteiger partial charge in [-0.1, -0.05) is 66.4 Å². The molecule has 2 heterocycles. The van der Waals surface area contributed by atoms with Crippen LogP contribution in [0.25, 0.3) is 33.3 Å². The molecule has 210 valence electrons. The highest BCUT2D eigenvalue weighted by Gasteiger charge is 2.27. The number of pyridine rings is 1. The fraction of sp³-hybridized carbons (Fsp3) is 0.0811. The van der Waals surface area contributed by atoms with Crippen LogP contribution >= 0.6 is 11.8 Å². The molecule has 0 aliphatic carbocycles. The van der Waals surface area contributed by atoms with Crippen molar-refractivity contribution in [3.8, 4) is 28.1 Å². The molecule has 5 nitrogen and oxygen atoms in total. The van der Waals surface area contributed by atoms with Crippen molar-refractivity contribution in [2.24, 2.45) is 0 Å². The van der Waals surface area contributed by atoms with E-state index >= 15 is 0 Å². The average Bonchev–Trinajstić information content (AvgIpc) is 3.07. The number of esters is 1. The fourth-order valence-corrected chi connectivity index (χ4v) is 6.74. The maximum atomic E-state index is 12.1. The summed E-state index contributed by atoms with van der Waals surface area (Å²) in [7, 11) is 3.07. The van der Waals surface area contributed by atoms with Gasteiger partial charge in [0.2, 0.25) is 0 Å². The van der Waals surface area contributed by atoms with Gasteiger partial charge in [0, 0.05) is 20.7 Å². The summed E-state index contributed by atoms with van der Waals surface area (Å²) in [6, 6.07) is 39.1. The van der Waals surface area contributed by atoms with Crippen LogP contribution in [0.2, 0.25) is 0 Å². The maximum Gasteiger partial charge on any atom is 0.337 e. The summed E-state index contributed by atoms with van der Waals surface area (Å²) >= 11 is 1.79. The van der Waals surface area contributed by atoms with Crippen LogP contribution in [-0.2, 0) is 4.74 Å². The number of nitrogens with zero attached hydrogens (tertiary/aromatic N) is 2. The molecular weight excluding hydrogens is 552 g/mol. The molecule has 7 rings (SSSR count). The fourth-order valence-electron chi connectivity index (χ4n) is 5.68. The van der Waals surface area contributed by atoms with Crippen molar-refractivity contribution in [2.75, 3.05) is 19.1 Å². The van der Waals surface area contributed by atoms with E-state index in [1.165, 1.54) is 16.9 Å². The third-order valence-electron chi connectivity index (χ3n) is 7.82. The van der Waals surface area contributed by atoms with Crippen LogP contribution in [0, 0.1) is 6.92 Å². The summed E-state index contributed by atoms with van der Waals surface area (Å²) in [5, 5.41) is 1.09. The number of aryl methyl sites for hydroxylation is 1. The number of carbonyl (C=O) groups excluding carboxylic acids is 1. The largest absolute Gasteiger partial charge is 0.497 e. The number of ether oxygens (including phenoxy) is 2. The minimum atomic E-state index is -0.366. The summed E-state index contributed by atoms with van der Waals surface area (Å²) in [6.07, 6.45) is 0. The molecular formula is C37H28N2O3S. The Morgan fingerprint density at radius 3 is 1.98 bits per heavy atom. The van der Waals surface area contributed by atoms with Gasteiger partial charge in [-0.15, -0.1) is 0 Å². The molecule has 6 heteroatoms. The Bertz CT molecular complexity index is 1960. The lowest BCUT2D eigenvalue weighted by Gasteiger charge is -2.33. The third kappa shape index (κ3) is 4.70. The molecule has 0 bridgehead atoms. The van der Waals surface area contributed by atoms with E-state index in [1.54, 1.807) is 31.0 Å². The van der Waals surface area contributed by atoms with Crippen LogP contribution in [0.15, 0.2) is 125 Å². The predicted octanol–water partition coefficient (Wildman–Crippen LogP) is 9.61. The van der Waals surface area contributed by atoms with Gasteiger partial charge in [0.1, 0.15) is 5.75 Å². The number of fused-ring (bicyclic) bond motifs is 3. The molecule has 6 aromatic rings. The van der Waals surface area contributed by atoms with Gasteiger partial charge in [-0.05, 0) is 84.3 Å². The highest BCUT2D eigenvalue weighted by Crippen LogP contribution is 2.53. The molecule has 0 amide bonds. The molecule has 0 saturated heterocycles. The molecule has 1 aliphatic heterocycles. The number of hydrogen-bond acceptors (Lipinski definition) is 6. The number of carbonyl (C=O) groups is 1. The van der Waals surface area contributed by atoms with E-state index in [2.05, 4.69) is 90.7 Å². The third-order valence-corrected chi connectivity index (χ3v) is 8.95. The number of para-hydroxylation sites is 2. The Balaban J connectivity index is 1.52. The van der Waals surface area contributed by atoms with Crippen LogP contribution in [-0.4, -0.2) is 25.2 Å². The molecule has 0 unspecified atom stereocenters. The van der Waals surface area contributed by atoms with Crippen LogP contribution in [0.3, 0.4) is 0 Å². The summed E-state index contributed by atoms with van der Waals surface area (Å²) in [5.74, 6) is 0.437. The van der Waals surface area contributed by atoms with Crippen LogP contribution in [0.5, 0.6) is 5.75 Å². The van der Waals surface area contributed by atoms with Gasteiger partial charge >= 0.3 is 5.97 Å².